The lowest BCUT2D eigenvalue weighted by atomic mass is 10.0. The highest BCUT2D eigenvalue weighted by molar-refractivity contribution is 7.92. The fourth-order valence-electron chi connectivity index (χ4n) is 3.11. The van der Waals surface area contributed by atoms with Crippen LogP contribution in [0.5, 0.6) is 5.75 Å². The van der Waals surface area contributed by atoms with Crippen molar-refractivity contribution in [2.45, 2.75) is 36.7 Å². The van der Waals surface area contributed by atoms with Gasteiger partial charge in [0.2, 0.25) is 0 Å². The number of para-hydroxylation sites is 1. The van der Waals surface area contributed by atoms with Gasteiger partial charge >= 0.3 is 0 Å². The number of rotatable bonds is 11. The fraction of sp³-hybridized carbons (Fsp3) is 0.250. The first-order chi connectivity index (χ1) is 14.5. The molecule has 0 aliphatic carbocycles. The van der Waals surface area contributed by atoms with Gasteiger partial charge < -0.3 is 9.84 Å². The van der Waals surface area contributed by atoms with E-state index in [2.05, 4.69) is 4.72 Å². The Hall–Kier alpha value is -2.83. The van der Waals surface area contributed by atoms with E-state index in [1.165, 1.54) is 0 Å². The lowest BCUT2D eigenvalue weighted by molar-refractivity contribution is 0.144. The number of sulfonamides is 1. The SMILES string of the molecule is O=S(=O)(Nc1cccc(CCC(O)CCCOc2ccccc2)c1)c1ccccc1. The van der Waals surface area contributed by atoms with E-state index in [-0.39, 0.29) is 4.90 Å². The maximum absolute atomic E-state index is 12.5. The first kappa shape index (κ1) is 21.9. The van der Waals surface area contributed by atoms with Crippen molar-refractivity contribution < 1.29 is 18.3 Å². The van der Waals surface area contributed by atoms with Crippen molar-refractivity contribution in [3.63, 3.8) is 0 Å². The summed E-state index contributed by atoms with van der Waals surface area (Å²) in [5, 5.41) is 10.2. The van der Waals surface area contributed by atoms with Crippen LogP contribution in [0.4, 0.5) is 5.69 Å². The normalized spacial score (nSPS) is 12.3. The number of anilines is 1. The van der Waals surface area contributed by atoms with Gasteiger partial charge in [0.25, 0.3) is 10.0 Å². The van der Waals surface area contributed by atoms with Gasteiger partial charge in [-0.1, -0.05) is 48.5 Å². The van der Waals surface area contributed by atoms with E-state index in [0.29, 0.717) is 31.6 Å². The van der Waals surface area contributed by atoms with E-state index < -0.39 is 16.1 Å². The highest BCUT2D eigenvalue weighted by atomic mass is 32.2. The molecule has 0 aromatic heterocycles. The molecule has 0 aliphatic rings. The zero-order chi connectivity index (χ0) is 21.2. The van der Waals surface area contributed by atoms with Crippen LogP contribution in [0.3, 0.4) is 0 Å². The molecule has 0 heterocycles. The maximum Gasteiger partial charge on any atom is 0.261 e. The van der Waals surface area contributed by atoms with Crippen molar-refractivity contribution in [2.75, 3.05) is 11.3 Å². The minimum absolute atomic E-state index is 0.226. The Balaban J connectivity index is 1.44. The van der Waals surface area contributed by atoms with E-state index in [1.807, 2.05) is 48.5 Å². The average molecular weight is 426 g/mol. The molecule has 0 bridgehead atoms. The Labute approximate surface area is 178 Å². The summed E-state index contributed by atoms with van der Waals surface area (Å²) in [4.78, 5) is 0.226. The number of hydrogen-bond acceptors (Lipinski definition) is 4. The van der Waals surface area contributed by atoms with Crippen molar-refractivity contribution in [1.82, 2.24) is 0 Å². The standard InChI is InChI=1S/C24H27NO4S/c26-22(11-8-18-29-23-12-3-1-4-13-23)17-16-20-9-7-10-21(19-20)25-30(27,28)24-14-5-2-6-15-24/h1-7,9-10,12-15,19,22,25-26H,8,11,16-18H2. The summed E-state index contributed by atoms with van der Waals surface area (Å²) < 4.78 is 33.2. The predicted octanol–water partition coefficient (Wildman–Crippen LogP) is 4.64. The first-order valence-corrected chi connectivity index (χ1v) is 11.5. The second-order valence-corrected chi connectivity index (χ2v) is 8.80. The third kappa shape index (κ3) is 6.90. The van der Waals surface area contributed by atoms with Gasteiger partial charge in [0.15, 0.2) is 0 Å². The molecular weight excluding hydrogens is 398 g/mol. The number of aliphatic hydroxyl groups is 1. The van der Waals surface area contributed by atoms with Gasteiger partial charge in [-0.15, -0.1) is 0 Å². The van der Waals surface area contributed by atoms with Gasteiger partial charge in [0.05, 0.1) is 17.6 Å². The Morgan fingerprint density at radius 2 is 1.57 bits per heavy atom. The van der Waals surface area contributed by atoms with Crippen molar-refractivity contribution >= 4 is 15.7 Å². The number of benzene rings is 3. The molecular formula is C24H27NO4S. The molecule has 30 heavy (non-hydrogen) atoms. The lowest BCUT2D eigenvalue weighted by Gasteiger charge is -2.12. The van der Waals surface area contributed by atoms with Crippen LogP contribution < -0.4 is 9.46 Å². The lowest BCUT2D eigenvalue weighted by Crippen LogP contribution is -2.13. The minimum Gasteiger partial charge on any atom is -0.494 e. The molecule has 2 N–H and O–H groups in total. The summed E-state index contributed by atoms with van der Waals surface area (Å²) in [6.45, 7) is 0.567. The van der Waals surface area contributed by atoms with Crippen molar-refractivity contribution in [3.05, 3.63) is 90.5 Å². The Kier molecular flexibility index (Phi) is 7.88. The van der Waals surface area contributed by atoms with Crippen LogP contribution in [0, 0.1) is 0 Å². The van der Waals surface area contributed by atoms with E-state index >= 15 is 0 Å². The second kappa shape index (κ2) is 10.8. The van der Waals surface area contributed by atoms with Crippen LogP contribution in [0.25, 0.3) is 0 Å². The van der Waals surface area contributed by atoms with Crippen molar-refractivity contribution in [3.8, 4) is 5.75 Å². The molecule has 158 valence electrons. The number of nitrogens with one attached hydrogen (secondary N) is 1. The van der Waals surface area contributed by atoms with Gasteiger partial charge in [-0.3, -0.25) is 4.72 Å². The zero-order valence-corrected chi connectivity index (χ0v) is 17.6. The van der Waals surface area contributed by atoms with Crippen LogP contribution in [-0.4, -0.2) is 26.2 Å². The Morgan fingerprint density at radius 3 is 2.30 bits per heavy atom. The highest BCUT2D eigenvalue weighted by Crippen LogP contribution is 2.19. The van der Waals surface area contributed by atoms with Crippen LogP contribution in [0.15, 0.2) is 89.8 Å². The van der Waals surface area contributed by atoms with Gasteiger partial charge in [-0.05, 0) is 67.6 Å². The largest absolute Gasteiger partial charge is 0.494 e. The zero-order valence-electron chi connectivity index (χ0n) is 16.8. The summed E-state index contributed by atoms with van der Waals surface area (Å²) in [5.74, 6) is 0.835. The number of ether oxygens (including phenoxy) is 1. The number of aliphatic hydroxyl groups excluding tert-OH is 1. The summed E-state index contributed by atoms with van der Waals surface area (Å²) in [7, 11) is -3.61. The van der Waals surface area contributed by atoms with Crippen LogP contribution in [0.2, 0.25) is 0 Å². The molecule has 1 unspecified atom stereocenters. The molecule has 6 heteroatoms. The second-order valence-electron chi connectivity index (χ2n) is 7.12. The van der Waals surface area contributed by atoms with E-state index in [0.717, 1.165) is 17.7 Å². The summed E-state index contributed by atoms with van der Waals surface area (Å²) in [5.41, 5.74) is 1.49. The number of hydrogen-bond donors (Lipinski definition) is 2. The topological polar surface area (TPSA) is 75.6 Å². The van der Waals surface area contributed by atoms with Crippen molar-refractivity contribution in [2.24, 2.45) is 0 Å². The third-order valence-corrected chi connectivity index (χ3v) is 6.09. The van der Waals surface area contributed by atoms with Crippen LogP contribution >= 0.6 is 0 Å². The third-order valence-electron chi connectivity index (χ3n) is 4.69. The van der Waals surface area contributed by atoms with Gasteiger partial charge in [-0.25, -0.2) is 8.42 Å². The summed E-state index contributed by atoms with van der Waals surface area (Å²) >= 11 is 0. The fourth-order valence-corrected chi connectivity index (χ4v) is 4.18. The van der Waals surface area contributed by atoms with E-state index in [4.69, 9.17) is 4.74 Å². The van der Waals surface area contributed by atoms with E-state index in [1.54, 1.807) is 36.4 Å². The maximum atomic E-state index is 12.5. The minimum atomic E-state index is -3.61. The Bertz CT molecular complexity index is 1010. The average Bonchev–Trinajstić information content (AvgIpc) is 2.77. The smallest absolute Gasteiger partial charge is 0.261 e. The molecule has 5 nitrogen and oxygen atoms in total. The van der Waals surface area contributed by atoms with Gasteiger partial charge in [-0.2, -0.15) is 0 Å². The van der Waals surface area contributed by atoms with Gasteiger partial charge in [0.1, 0.15) is 5.75 Å². The Morgan fingerprint density at radius 1 is 0.867 bits per heavy atom. The molecule has 0 radical (unpaired) electrons. The van der Waals surface area contributed by atoms with Crippen LogP contribution in [0.1, 0.15) is 24.8 Å². The summed E-state index contributed by atoms with van der Waals surface area (Å²) in [6.07, 6.45) is 2.29. The van der Waals surface area contributed by atoms with E-state index in [9.17, 15) is 13.5 Å². The molecule has 0 saturated carbocycles. The van der Waals surface area contributed by atoms with Gasteiger partial charge in [0, 0.05) is 5.69 Å². The molecule has 3 rings (SSSR count). The molecule has 0 saturated heterocycles. The molecule has 0 aliphatic heterocycles. The molecule has 0 spiro atoms. The molecule has 1 atom stereocenters. The molecule has 3 aromatic rings. The highest BCUT2D eigenvalue weighted by Gasteiger charge is 2.13. The molecule has 3 aromatic carbocycles. The first-order valence-electron chi connectivity index (χ1n) is 10.1. The molecule has 0 amide bonds. The summed E-state index contributed by atoms with van der Waals surface area (Å²) in [6, 6.07) is 25.2. The monoisotopic (exact) mass is 425 g/mol. The van der Waals surface area contributed by atoms with Crippen LogP contribution in [-0.2, 0) is 16.4 Å². The molecule has 0 fully saturated rings. The predicted molar refractivity (Wildman–Crippen MR) is 119 cm³/mol. The van der Waals surface area contributed by atoms with Crippen molar-refractivity contribution in [1.29, 1.82) is 0 Å². The number of aryl methyl sites for hydroxylation is 1. The quantitative estimate of drug-likeness (QED) is 0.439.